The quantitative estimate of drug-likeness (QED) is 0.464. The van der Waals surface area contributed by atoms with Crippen LogP contribution >= 0.6 is 0 Å². The van der Waals surface area contributed by atoms with Crippen LogP contribution in [0.2, 0.25) is 0 Å². The number of nitrogens with one attached hydrogen (secondary N) is 2. The minimum atomic E-state index is -0.150. The molecule has 1 heterocycles. The first-order valence-corrected chi connectivity index (χ1v) is 9.12. The Kier molecular flexibility index (Phi) is 12.3. The highest BCUT2D eigenvalue weighted by molar-refractivity contribution is 5.45. The van der Waals surface area contributed by atoms with Crippen LogP contribution in [-0.2, 0) is 9.53 Å². The molecule has 0 atom stereocenters. The lowest BCUT2D eigenvalue weighted by molar-refractivity contribution is -0.131. The van der Waals surface area contributed by atoms with Crippen LogP contribution in [0.1, 0.15) is 47.0 Å². The van der Waals surface area contributed by atoms with E-state index in [0.29, 0.717) is 13.1 Å². The number of hydrogen-bond acceptors (Lipinski definition) is 4. The zero-order valence-corrected chi connectivity index (χ0v) is 17.0. The third kappa shape index (κ3) is 11.6. The molecule has 1 rings (SSSR count). The maximum Gasteiger partial charge on any atom is 0.293 e. The Morgan fingerprint density at radius 2 is 1.69 bits per heavy atom. The molecule has 26 heavy (non-hydrogen) atoms. The van der Waals surface area contributed by atoms with Gasteiger partial charge >= 0.3 is 0 Å². The van der Waals surface area contributed by atoms with E-state index in [2.05, 4.69) is 30.6 Å². The second kappa shape index (κ2) is 13.3. The van der Waals surface area contributed by atoms with Crippen molar-refractivity contribution in [2.24, 2.45) is 5.41 Å². The van der Waals surface area contributed by atoms with Crippen LogP contribution in [-0.4, -0.2) is 26.2 Å². The molecular formula is C22H36N2O2. The Labute approximate surface area is 159 Å². The van der Waals surface area contributed by atoms with Gasteiger partial charge in [0, 0.05) is 18.5 Å². The van der Waals surface area contributed by atoms with Crippen LogP contribution in [0.4, 0.5) is 0 Å². The molecule has 0 aromatic heterocycles. The van der Waals surface area contributed by atoms with Crippen molar-refractivity contribution in [1.29, 1.82) is 0 Å². The fraction of sp³-hybridized carbons (Fsp3) is 0.500. The standard InChI is InChI=1S/C18H26O2.C4H10N2/c1-8-9-14(2)15(3)10-16(4)17(5)11-18(6,7)12-20-13-19;1-2-4-6-5-3-1/h8-10,13H,2,4-5,11-12H2,1,3,6-7H3;5-6H,1-4H2/b9-8+,15-10+;. The number of hydrogen-bond donors (Lipinski definition) is 2. The molecule has 0 aromatic rings. The molecule has 1 fully saturated rings. The van der Waals surface area contributed by atoms with Crippen molar-refractivity contribution in [2.75, 3.05) is 19.7 Å². The van der Waals surface area contributed by atoms with E-state index < -0.39 is 0 Å². The van der Waals surface area contributed by atoms with Gasteiger partial charge in [0.2, 0.25) is 0 Å². The molecule has 0 spiro atoms. The minimum Gasteiger partial charge on any atom is -0.467 e. The summed E-state index contributed by atoms with van der Waals surface area (Å²) >= 11 is 0. The summed E-state index contributed by atoms with van der Waals surface area (Å²) in [6, 6.07) is 0. The highest BCUT2D eigenvalue weighted by Gasteiger charge is 2.20. The van der Waals surface area contributed by atoms with Crippen molar-refractivity contribution >= 4 is 6.47 Å². The fourth-order valence-electron chi connectivity index (χ4n) is 2.39. The Morgan fingerprint density at radius 3 is 2.12 bits per heavy atom. The molecule has 1 aliphatic rings. The van der Waals surface area contributed by atoms with Crippen molar-refractivity contribution in [1.82, 2.24) is 10.9 Å². The third-order valence-corrected chi connectivity index (χ3v) is 3.93. The lowest BCUT2D eigenvalue weighted by atomic mass is 9.84. The molecule has 0 bridgehead atoms. The first kappa shape index (κ1) is 24.1. The molecule has 4 nitrogen and oxygen atoms in total. The van der Waals surface area contributed by atoms with Crippen molar-refractivity contribution in [3.8, 4) is 0 Å². The summed E-state index contributed by atoms with van der Waals surface area (Å²) in [5.74, 6) is 0. The number of carbonyl (C=O) groups excluding carboxylic acids is 1. The van der Waals surface area contributed by atoms with Gasteiger partial charge in [0.1, 0.15) is 0 Å². The van der Waals surface area contributed by atoms with Gasteiger partial charge in [0.25, 0.3) is 6.47 Å². The zero-order chi connectivity index (χ0) is 20.0. The number of carbonyl (C=O) groups is 1. The Balaban J connectivity index is 0.000000867. The summed E-state index contributed by atoms with van der Waals surface area (Å²) in [4.78, 5) is 10.3. The summed E-state index contributed by atoms with van der Waals surface area (Å²) in [6.45, 7) is 23.3. The molecule has 0 aromatic carbocycles. The Bertz CT molecular complexity index is 527. The lowest BCUT2D eigenvalue weighted by Crippen LogP contribution is -2.37. The van der Waals surface area contributed by atoms with Crippen LogP contribution < -0.4 is 10.9 Å². The summed E-state index contributed by atoms with van der Waals surface area (Å²) in [5.41, 5.74) is 9.77. The van der Waals surface area contributed by atoms with Gasteiger partial charge in [-0.15, -0.1) is 0 Å². The average Bonchev–Trinajstić information content (AvgIpc) is 2.61. The highest BCUT2D eigenvalue weighted by Crippen LogP contribution is 2.29. The van der Waals surface area contributed by atoms with Crippen molar-refractivity contribution in [2.45, 2.75) is 47.0 Å². The van der Waals surface area contributed by atoms with E-state index in [-0.39, 0.29) is 5.41 Å². The zero-order valence-electron chi connectivity index (χ0n) is 17.0. The summed E-state index contributed by atoms with van der Waals surface area (Å²) in [5, 5.41) is 0. The number of rotatable bonds is 9. The maximum absolute atomic E-state index is 10.3. The predicted octanol–water partition coefficient (Wildman–Crippen LogP) is 4.64. The van der Waals surface area contributed by atoms with Crippen molar-refractivity contribution in [3.63, 3.8) is 0 Å². The number of ether oxygens (including phenoxy) is 1. The molecule has 0 unspecified atom stereocenters. The monoisotopic (exact) mass is 360 g/mol. The maximum atomic E-state index is 10.3. The van der Waals surface area contributed by atoms with Crippen molar-refractivity contribution < 1.29 is 9.53 Å². The van der Waals surface area contributed by atoms with E-state index >= 15 is 0 Å². The van der Waals surface area contributed by atoms with E-state index in [1.165, 1.54) is 12.8 Å². The smallest absolute Gasteiger partial charge is 0.293 e. The molecule has 1 aliphatic heterocycles. The van der Waals surface area contributed by atoms with Gasteiger partial charge in [-0.3, -0.25) is 15.6 Å². The lowest BCUT2D eigenvalue weighted by Gasteiger charge is -2.24. The van der Waals surface area contributed by atoms with Gasteiger partial charge in [-0.05, 0) is 55.4 Å². The first-order valence-electron chi connectivity index (χ1n) is 9.12. The molecule has 0 radical (unpaired) electrons. The largest absolute Gasteiger partial charge is 0.467 e. The van der Waals surface area contributed by atoms with Crippen LogP contribution in [0.3, 0.4) is 0 Å². The molecule has 0 amide bonds. The van der Waals surface area contributed by atoms with Gasteiger partial charge in [-0.25, -0.2) is 0 Å². The molecule has 0 aliphatic carbocycles. The van der Waals surface area contributed by atoms with E-state index in [0.717, 1.165) is 41.8 Å². The third-order valence-electron chi connectivity index (χ3n) is 3.93. The van der Waals surface area contributed by atoms with Gasteiger partial charge in [0.05, 0.1) is 6.61 Å². The van der Waals surface area contributed by atoms with Crippen LogP contribution in [0.15, 0.2) is 60.3 Å². The second-order valence-electron chi connectivity index (χ2n) is 7.29. The van der Waals surface area contributed by atoms with E-state index in [4.69, 9.17) is 4.74 Å². The summed E-state index contributed by atoms with van der Waals surface area (Å²) in [7, 11) is 0. The normalized spacial score (nSPS) is 15.0. The molecule has 146 valence electrons. The fourth-order valence-corrected chi connectivity index (χ4v) is 2.39. The predicted molar refractivity (Wildman–Crippen MR) is 112 cm³/mol. The van der Waals surface area contributed by atoms with E-state index in [1.807, 2.05) is 45.9 Å². The Morgan fingerprint density at radius 1 is 1.12 bits per heavy atom. The van der Waals surface area contributed by atoms with Gasteiger partial charge in [0.15, 0.2) is 0 Å². The van der Waals surface area contributed by atoms with Gasteiger partial charge in [-0.1, -0.05) is 51.8 Å². The average molecular weight is 361 g/mol. The van der Waals surface area contributed by atoms with Crippen LogP contribution in [0, 0.1) is 5.41 Å². The molecule has 0 saturated carbocycles. The van der Waals surface area contributed by atoms with E-state index in [9.17, 15) is 4.79 Å². The van der Waals surface area contributed by atoms with Gasteiger partial charge < -0.3 is 4.74 Å². The second-order valence-corrected chi connectivity index (χ2v) is 7.29. The van der Waals surface area contributed by atoms with Crippen LogP contribution in [0.5, 0.6) is 0 Å². The minimum absolute atomic E-state index is 0.150. The molecular weight excluding hydrogens is 324 g/mol. The summed E-state index contributed by atoms with van der Waals surface area (Å²) < 4.78 is 4.84. The number of hydrazine groups is 1. The van der Waals surface area contributed by atoms with E-state index in [1.54, 1.807) is 0 Å². The Hall–Kier alpha value is -1.91. The molecule has 1 saturated heterocycles. The first-order chi connectivity index (χ1) is 12.2. The van der Waals surface area contributed by atoms with Crippen LogP contribution in [0.25, 0.3) is 0 Å². The highest BCUT2D eigenvalue weighted by atomic mass is 16.5. The van der Waals surface area contributed by atoms with Gasteiger partial charge in [-0.2, -0.15) is 0 Å². The van der Waals surface area contributed by atoms with Crippen molar-refractivity contribution in [3.05, 3.63) is 60.3 Å². The number of allylic oxidation sites excluding steroid dienone is 7. The summed E-state index contributed by atoms with van der Waals surface area (Å²) in [6.07, 6.45) is 9.28. The SMILES string of the molecule is C1CCNNC1.C=C(/C=C(\C)C(=C)/C=C/C)C(=C)CC(C)(C)COC=O. The topological polar surface area (TPSA) is 50.4 Å². The molecule has 2 N–H and O–H groups in total. The molecule has 4 heteroatoms.